The Bertz CT molecular complexity index is 983. The first kappa shape index (κ1) is 25.5. The molecule has 1 amide bonds. The molecular weight excluding hydrogens is 450 g/mol. The van der Waals surface area contributed by atoms with Gasteiger partial charge in [0.25, 0.3) is 5.91 Å². The molecule has 4 rings (SSSR count). The lowest BCUT2D eigenvalue weighted by Crippen LogP contribution is -2.44. The van der Waals surface area contributed by atoms with Crippen molar-refractivity contribution in [2.75, 3.05) is 39.3 Å². The minimum atomic E-state index is -1.09. The molecule has 2 aromatic rings. The van der Waals surface area contributed by atoms with Crippen molar-refractivity contribution >= 4 is 5.91 Å². The van der Waals surface area contributed by atoms with E-state index in [1.54, 1.807) is 23.4 Å². The number of halogens is 2. The van der Waals surface area contributed by atoms with Crippen molar-refractivity contribution in [3.05, 3.63) is 42.0 Å². The van der Waals surface area contributed by atoms with Gasteiger partial charge in [-0.1, -0.05) is 19.9 Å². The molecule has 2 fully saturated rings. The Morgan fingerprint density at radius 2 is 1.74 bits per heavy atom. The number of carbonyl (C=O) groups excluding carboxylic acids is 1. The summed E-state index contributed by atoms with van der Waals surface area (Å²) in [5.41, 5.74) is -0.486. The van der Waals surface area contributed by atoms with E-state index in [-0.39, 0.29) is 11.5 Å². The van der Waals surface area contributed by atoms with Crippen molar-refractivity contribution in [1.82, 2.24) is 19.8 Å². The number of amides is 1. The molecule has 0 unspecified atom stereocenters. The second-order valence-electron chi connectivity index (χ2n) is 9.82. The largest absolute Gasteiger partial charge is 0.490 e. The van der Waals surface area contributed by atoms with Gasteiger partial charge < -0.3 is 14.5 Å². The molecule has 190 valence electrons. The highest BCUT2D eigenvalue weighted by atomic mass is 19.1. The maximum absolute atomic E-state index is 14.7. The predicted molar refractivity (Wildman–Crippen MR) is 132 cm³/mol. The number of nitrogens with zero attached hydrogens (tertiary/aromatic N) is 4. The van der Waals surface area contributed by atoms with Crippen LogP contribution in [0.4, 0.5) is 8.78 Å². The number of benzene rings is 1. The number of alkyl halides is 1. The topological polar surface area (TPSA) is 58.6 Å². The van der Waals surface area contributed by atoms with Crippen LogP contribution in [-0.4, -0.2) is 70.7 Å². The van der Waals surface area contributed by atoms with E-state index in [9.17, 15) is 13.6 Å². The average molecular weight is 487 g/mol. The van der Waals surface area contributed by atoms with Crippen molar-refractivity contribution in [1.29, 1.82) is 0 Å². The summed E-state index contributed by atoms with van der Waals surface area (Å²) in [6.07, 6.45) is 8.17. The van der Waals surface area contributed by atoms with Crippen molar-refractivity contribution < 1.29 is 18.3 Å². The molecule has 0 aliphatic carbocycles. The number of piperidine rings is 1. The first-order valence-corrected chi connectivity index (χ1v) is 12.9. The van der Waals surface area contributed by atoms with Crippen LogP contribution in [0.5, 0.6) is 5.75 Å². The van der Waals surface area contributed by atoms with Gasteiger partial charge in [-0.2, -0.15) is 0 Å². The summed E-state index contributed by atoms with van der Waals surface area (Å²) in [6.45, 7) is 8.05. The number of rotatable bonds is 9. The summed E-state index contributed by atoms with van der Waals surface area (Å²) >= 11 is 0. The molecule has 0 bridgehead atoms. The summed E-state index contributed by atoms with van der Waals surface area (Å²) in [5, 5.41) is 0. The van der Waals surface area contributed by atoms with Gasteiger partial charge in [0.15, 0.2) is 11.6 Å². The van der Waals surface area contributed by atoms with Crippen LogP contribution in [0.1, 0.15) is 62.7 Å². The molecular formula is C27H36F2N4O2. The van der Waals surface area contributed by atoms with E-state index < -0.39 is 11.5 Å². The smallest absolute Gasteiger partial charge is 0.256 e. The van der Waals surface area contributed by atoms with Gasteiger partial charge in [-0.25, -0.2) is 18.7 Å². The van der Waals surface area contributed by atoms with Gasteiger partial charge in [-0.15, -0.1) is 0 Å². The SMILES string of the molecule is CCC(F)(CC)CN1CCC(COc2cnc(-c3ccc(C(=O)N4CCCC4)c(F)c3)nc2)CC1. The van der Waals surface area contributed by atoms with Crippen molar-refractivity contribution in [3.63, 3.8) is 0 Å². The minimum Gasteiger partial charge on any atom is -0.490 e. The molecule has 1 aromatic carbocycles. The molecule has 0 saturated carbocycles. The highest BCUT2D eigenvalue weighted by Crippen LogP contribution is 2.26. The van der Waals surface area contributed by atoms with Gasteiger partial charge in [-0.05, 0) is 69.7 Å². The highest BCUT2D eigenvalue weighted by Gasteiger charge is 2.30. The average Bonchev–Trinajstić information content (AvgIpc) is 3.43. The van der Waals surface area contributed by atoms with Crippen molar-refractivity contribution in [2.24, 2.45) is 5.92 Å². The molecule has 2 aliphatic heterocycles. The van der Waals surface area contributed by atoms with Crippen LogP contribution < -0.4 is 4.74 Å². The van der Waals surface area contributed by atoms with Crippen LogP contribution in [-0.2, 0) is 0 Å². The first-order valence-electron chi connectivity index (χ1n) is 12.9. The molecule has 1 aromatic heterocycles. The third-order valence-electron chi connectivity index (χ3n) is 7.45. The van der Waals surface area contributed by atoms with E-state index in [0.29, 0.717) is 62.1 Å². The van der Waals surface area contributed by atoms with Gasteiger partial charge in [0.05, 0.1) is 24.6 Å². The third kappa shape index (κ3) is 6.34. The lowest BCUT2D eigenvalue weighted by atomic mass is 9.94. The monoisotopic (exact) mass is 486 g/mol. The normalized spacial score (nSPS) is 17.7. The van der Waals surface area contributed by atoms with E-state index in [2.05, 4.69) is 14.9 Å². The molecule has 0 atom stereocenters. The fourth-order valence-electron chi connectivity index (χ4n) is 4.86. The Morgan fingerprint density at radius 3 is 2.34 bits per heavy atom. The molecule has 3 heterocycles. The summed E-state index contributed by atoms with van der Waals surface area (Å²) < 4.78 is 35.2. The molecule has 8 heteroatoms. The number of hydrogen-bond acceptors (Lipinski definition) is 5. The summed E-state index contributed by atoms with van der Waals surface area (Å²) in [6, 6.07) is 4.51. The zero-order chi connectivity index (χ0) is 24.8. The molecule has 0 N–H and O–H groups in total. The van der Waals surface area contributed by atoms with Crippen molar-refractivity contribution in [3.8, 4) is 17.1 Å². The van der Waals surface area contributed by atoms with Crippen LogP contribution in [0.25, 0.3) is 11.4 Å². The van der Waals surface area contributed by atoms with Crippen LogP contribution in [0.2, 0.25) is 0 Å². The molecule has 0 radical (unpaired) electrons. The Kier molecular flexibility index (Phi) is 8.31. The van der Waals surface area contributed by atoms with E-state index >= 15 is 0 Å². The zero-order valence-electron chi connectivity index (χ0n) is 20.8. The zero-order valence-corrected chi connectivity index (χ0v) is 20.8. The van der Waals surface area contributed by atoms with Crippen LogP contribution >= 0.6 is 0 Å². The van der Waals surface area contributed by atoms with E-state index in [0.717, 1.165) is 38.8 Å². The lowest BCUT2D eigenvalue weighted by Gasteiger charge is -2.36. The van der Waals surface area contributed by atoms with Gasteiger partial charge in [0.2, 0.25) is 0 Å². The van der Waals surface area contributed by atoms with Crippen molar-refractivity contribution in [2.45, 2.75) is 58.0 Å². The number of carbonyl (C=O) groups is 1. The van der Waals surface area contributed by atoms with Crippen LogP contribution in [0.15, 0.2) is 30.6 Å². The Labute approximate surface area is 206 Å². The Morgan fingerprint density at radius 1 is 1.09 bits per heavy atom. The first-order chi connectivity index (χ1) is 16.9. The quantitative estimate of drug-likeness (QED) is 0.491. The number of hydrogen-bond donors (Lipinski definition) is 0. The molecule has 2 saturated heterocycles. The molecule has 2 aliphatic rings. The van der Waals surface area contributed by atoms with E-state index in [4.69, 9.17) is 4.74 Å². The standard InChI is InChI=1S/C27H36F2N4O2/c1-3-27(29,4-2)19-32-13-9-20(10-14-32)18-35-22-16-30-25(31-17-22)21-7-8-23(24(28)15-21)26(34)33-11-5-6-12-33/h7-8,15-17,20H,3-6,9-14,18-19H2,1-2H3. The lowest BCUT2D eigenvalue weighted by molar-refractivity contribution is 0.0568. The fraction of sp³-hybridized carbons (Fsp3) is 0.593. The maximum Gasteiger partial charge on any atom is 0.256 e. The van der Waals surface area contributed by atoms with Crippen LogP contribution in [0.3, 0.4) is 0 Å². The van der Waals surface area contributed by atoms with E-state index in [1.807, 2.05) is 13.8 Å². The Balaban J connectivity index is 1.27. The summed E-state index contributed by atoms with van der Waals surface area (Å²) in [7, 11) is 0. The molecule has 0 spiro atoms. The highest BCUT2D eigenvalue weighted by molar-refractivity contribution is 5.95. The maximum atomic E-state index is 14.7. The summed E-state index contributed by atoms with van der Waals surface area (Å²) in [5.74, 6) is 0.542. The second-order valence-corrected chi connectivity index (χ2v) is 9.82. The number of likely N-dealkylation sites (tertiary alicyclic amines) is 2. The Hall–Kier alpha value is -2.61. The number of aromatic nitrogens is 2. The predicted octanol–water partition coefficient (Wildman–Crippen LogP) is 5.14. The van der Waals surface area contributed by atoms with Crippen LogP contribution in [0, 0.1) is 11.7 Å². The second kappa shape index (κ2) is 11.4. The summed E-state index contributed by atoms with van der Waals surface area (Å²) in [4.78, 5) is 25.1. The van der Waals surface area contributed by atoms with Gasteiger partial charge in [-0.3, -0.25) is 4.79 Å². The van der Waals surface area contributed by atoms with E-state index in [1.165, 1.54) is 12.1 Å². The minimum absolute atomic E-state index is 0.0863. The molecule has 6 nitrogen and oxygen atoms in total. The fourth-order valence-corrected chi connectivity index (χ4v) is 4.86. The van der Waals surface area contributed by atoms with Gasteiger partial charge in [0.1, 0.15) is 11.5 Å². The molecule has 35 heavy (non-hydrogen) atoms. The number of ether oxygens (including phenoxy) is 1. The van der Waals surface area contributed by atoms with Gasteiger partial charge >= 0.3 is 0 Å². The van der Waals surface area contributed by atoms with Gasteiger partial charge in [0, 0.05) is 25.2 Å². The third-order valence-corrected chi connectivity index (χ3v) is 7.45.